The van der Waals surface area contributed by atoms with Crippen molar-refractivity contribution in [2.24, 2.45) is 5.41 Å². The number of ether oxygens (including phenoxy) is 2. The molecule has 1 N–H and O–H groups in total. The zero-order valence-corrected chi connectivity index (χ0v) is 15.9. The highest BCUT2D eigenvalue weighted by atomic mass is 16.5. The number of urea groups is 1. The second-order valence-electron chi connectivity index (χ2n) is 7.49. The lowest BCUT2D eigenvalue weighted by atomic mass is 9.65. The van der Waals surface area contributed by atoms with Crippen LogP contribution in [0.5, 0.6) is 11.5 Å². The quantitative estimate of drug-likeness (QED) is 0.890. The molecule has 3 amide bonds. The van der Waals surface area contributed by atoms with Crippen molar-refractivity contribution in [3.05, 3.63) is 23.8 Å². The Hall–Kier alpha value is -2.44. The van der Waals surface area contributed by atoms with Crippen molar-refractivity contribution in [3.8, 4) is 11.5 Å². The molecular weight excluding hydrogens is 334 g/mol. The second-order valence-corrected chi connectivity index (χ2v) is 7.49. The molecule has 0 unspecified atom stereocenters. The van der Waals surface area contributed by atoms with Gasteiger partial charge < -0.3 is 24.6 Å². The number of hydrogen-bond acceptors (Lipinski definition) is 4. The molecule has 1 aromatic carbocycles. The number of amides is 3. The van der Waals surface area contributed by atoms with Crippen LogP contribution in [0.4, 0.5) is 4.79 Å². The Labute approximate surface area is 154 Å². The van der Waals surface area contributed by atoms with Crippen LogP contribution in [-0.2, 0) is 0 Å². The van der Waals surface area contributed by atoms with E-state index >= 15 is 0 Å². The first kappa shape index (κ1) is 18.4. The lowest BCUT2D eigenvalue weighted by Crippen LogP contribution is -2.54. The highest BCUT2D eigenvalue weighted by molar-refractivity contribution is 5.97. The first-order valence-electron chi connectivity index (χ1n) is 8.86. The van der Waals surface area contributed by atoms with Crippen LogP contribution >= 0.6 is 0 Å². The van der Waals surface area contributed by atoms with E-state index in [-0.39, 0.29) is 23.4 Å². The van der Waals surface area contributed by atoms with Crippen LogP contribution in [0.1, 0.15) is 29.6 Å². The zero-order valence-electron chi connectivity index (χ0n) is 15.9. The van der Waals surface area contributed by atoms with Crippen molar-refractivity contribution in [1.82, 2.24) is 15.1 Å². The third kappa shape index (κ3) is 3.43. The lowest BCUT2D eigenvalue weighted by molar-refractivity contribution is 0.0662. The van der Waals surface area contributed by atoms with Gasteiger partial charge in [0.15, 0.2) is 0 Å². The molecule has 0 atom stereocenters. The van der Waals surface area contributed by atoms with Crippen molar-refractivity contribution in [1.29, 1.82) is 0 Å². The first-order chi connectivity index (χ1) is 12.4. The van der Waals surface area contributed by atoms with E-state index < -0.39 is 0 Å². The topological polar surface area (TPSA) is 71.1 Å². The minimum atomic E-state index is -0.0567. The summed E-state index contributed by atoms with van der Waals surface area (Å²) in [6.45, 7) is 1.47. The van der Waals surface area contributed by atoms with Crippen molar-refractivity contribution < 1.29 is 19.1 Å². The molecular formula is C19H27N3O4. The molecule has 1 aliphatic heterocycles. The molecule has 1 aromatic rings. The van der Waals surface area contributed by atoms with Gasteiger partial charge in [-0.1, -0.05) is 0 Å². The number of hydrogen-bond donors (Lipinski definition) is 1. The molecule has 1 aliphatic carbocycles. The number of benzene rings is 1. The van der Waals surface area contributed by atoms with E-state index in [9.17, 15) is 9.59 Å². The van der Waals surface area contributed by atoms with E-state index in [1.165, 1.54) is 0 Å². The SMILES string of the molecule is COc1ccc(C(=O)N2CCC3(CC(NC(=O)N(C)C)C3)C2)c(OC)c1. The minimum Gasteiger partial charge on any atom is -0.497 e. The molecule has 1 heterocycles. The van der Waals surface area contributed by atoms with Crippen LogP contribution in [0.15, 0.2) is 18.2 Å². The van der Waals surface area contributed by atoms with Gasteiger partial charge in [0, 0.05) is 39.3 Å². The van der Waals surface area contributed by atoms with Crippen LogP contribution < -0.4 is 14.8 Å². The van der Waals surface area contributed by atoms with Crippen LogP contribution in [0.3, 0.4) is 0 Å². The molecule has 2 aliphatic rings. The molecule has 2 fully saturated rings. The molecule has 142 valence electrons. The van der Waals surface area contributed by atoms with Crippen LogP contribution in [0, 0.1) is 5.41 Å². The molecule has 7 nitrogen and oxygen atoms in total. The maximum atomic E-state index is 12.9. The zero-order chi connectivity index (χ0) is 18.9. The normalized spacial score (nSPS) is 24.2. The Balaban J connectivity index is 1.61. The molecule has 0 bridgehead atoms. The van der Waals surface area contributed by atoms with E-state index in [0.717, 1.165) is 32.4 Å². The number of nitrogens with one attached hydrogen (secondary N) is 1. The maximum Gasteiger partial charge on any atom is 0.317 e. The molecule has 3 rings (SSSR count). The number of likely N-dealkylation sites (tertiary alicyclic amines) is 1. The van der Waals surface area contributed by atoms with Crippen LogP contribution in [-0.4, -0.2) is 69.2 Å². The van der Waals surface area contributed by atoms with Gasteiger partial charge in [0.05, 0.1) is 19.8 Å². The van der Waals surface area contributed by atoms with Crippen LogP contribution in [0.25, 0.3) is 0 Å². The average molecular weight is 361 g/mol. The average Bonchev–Trinajstić information content (AvgIpc) is 3.05. The summed E-state index contributed by atoms with van der Waals surface area (Å²) in [4.78, 5) is 28.1. The van der Waals surface area contributed by atoms with Gasteiger partial charge >= 0.3 is 6.03 Å². The Morgan fingerprint density at radius 2 is 1.96 bits per heavy atom. The highest BCUT2D eigenvalue weighted by Gasteiger charge is 2.50. The molecule has 0 radical (unpaired) electrons. The highest BCUT2D eigenvalue weighted by Crippen LogP contribution is 2.48. The Morgan fingerprint density at radius 1 is 1.23 bits per heavy atom. The fraction of sp³-hybridized carbons (Fsp3) is 0.579. The smallest absolute Gasteiger partial charge is 0.317 e. The fourth-order valence-electron chi connectivity index (χ4n) is 3.98. The summed E-state index contributed by atoms with van der Waals surface area (Å²) >= 11 is 0. The summed E-state index contributed by atoms with van der Waals surface area (Å²) in [7, 11) is 6.62. The van der Waals surface area contributed by atoms with E-state index in [4.69, 9.17) is 9.47 Å². The van der Waals surface area contributed by atoms with Gasteiger partial charge in [-0.15, -0.1) is 0 Å². The minimum absolute atomic E-state index is 0.0119. The van der Waals surface area contributed by atoms with Gasteiger partial charge in [0.1, 0.15) is 11.5 Å². The van der Waals surface area contributed by atoms with E-state index in [0.29, 0.717) is 17.1 Å². The standard InChI is InChI=1S/C19H27N3O4/c1-21(2)18(24)20-13-10-19(11-13)7-8-22(12-19)17(23)15-6-5-14(25-3)9-16(15)26-4/h5-6,9,13H,7-8,10-12H2,1-4H3,(H,20,24). The predicted octanol–water partition coefficient (Wildman–Crippen LogP) is 1.97. The van der Waals surface area contributed by atoms with Crippen molar-refractivity contribution in [2.75, 3.05) is 41.4 Å². The first-order valence-corrected chi connectivity index (χ1v) is 8.86. The second kappa shape index (κ2) is 7.05. The van der Waals surface area contributed by atoms with Gasteiger partial charge in [-0.25, -0.2) is 4.79 Å². The van der Waals surface area contributed by atoms with Crippen molar-refractivity contribution >= 4 is 11.9 Å². The molecule has 26 heavy (non-hydrogen) atoms. The Kier molecular flexibility index (Phi) is 4.98. The summed E-state index contributed by atoms with van der Waals surface area (Å²) in [5, 5.41) is 3.02. The molecule has 1 spiro atoms. The van der Waals surface area contributed by atoms with Crippen molar-refractivity contribution in [2.45, 2.75) is 25.3 Å². The van der Waals surface area contributed by atoms with Gasteiger partial charge in [0.25, 0.3) is 5.91 Å². The van der Waals surface area contributed by atoms with E-state index in [1.54, 1.807) is 51.4 Å². The molecule has 7 heteroatoms. The summed E-state index contributed by atoms with van der Waals surface area (Å²) in [6.07, 6.45) is 2.83. The Morgan fingerprint density at radius 3 is 2.58 bits per heavy atom. The predicted molar refractivity (Wildman–Crippen MR) is 97.7 cm³/mol. The van der Waals surface area contributed by atoms with E-state index in [1.807, 2.05) is 4.90 Å². The largest absolute Gasteiger partial charge is 0.497 e. The molecule has 1 saturated carbocycles. The van der Waals surface area contributed by atoms with Crippen molar-refractivity contribution in [3.63, 3.8) is 0 Å². The Bertz CT molecular complexity index is 698. The number of methoxy groups -OCH3 is 2. The summed E-state index contributed by atoms with van der Waals surface area (Å²) in [5.74, 6) is 1.18. The number of nitrogens with zero attached hydrogens (tertiary/aromatic N) is 2. The fourth-order valence-corrected chi connectivity index (χ4v) is 3.98. The summed E-state index contributed by atoms with van der Waals surface area (Å²) < 4.78 is 10.6. The maximum absolute atomic E-state index is 12.9. The van der Waals surface area contributed by atoms with Gasteiger partial charge in [-0.2, -0.15) is 0 Å². The van der Waals surface area contributed by atoms with Gasteiger partial charge in [-0.3, -0.25) is 4.79 Å². The van der Waals surface area contributed by atoms with Gasteiger partial charge in [-0.05, 0) is 36.8 Å². The monoisotopic (exact) mass is 361 g/mol. The third-order valence-electron chi connectivity index (χ3n) is 5.46. The van der Waals surface area contributed by atoms with Crippen LogP contribution in [0.2, 0.25) is 0 Å². The number of rotatable bonds is 4. The lowest BCUT2D eigenvalue weighted by Gasteiger charge is -2.45. The van der Waals surface area contributed by atoms with Gasteiger partial charge in [0.2, 0.25) is 0 Å². The summed E-state index contributed by atoms with van der Waals surface area (Å²) in [5.41, 5.74) is 0.696. The third-order valence-corrected chi connectivity index (χ3v) is 5.46. The molecule has 1 saturated heterocycles. The van der Waals surface area contributed by atoms with E-state index in [2.05, 4.69) is 5.32 Å². The summed E-state index contributed by atoms with van der Waals surface area (Å²) in [6, 6.07) is 5.41. The number of carbonyl (C=O) groups excluding carboxylic acids is 2. The number of carbonyl (C=O) groups is 2. The molecule has 0 aromatic heterocycles.